The Bertz CT molecular complexity index is 256. The first kappa shape index (κ1) is 5.53. The van der Waals surface area contributed by atoms with Gasteiger partial charge in [0.15, 0.2) is 0 Å². The van der Waals surface area contributed by atoms with E-state index in [1.165, 1.54) is 0 Å². The molecular weight excluding hydrogens is 128 g/mol. The lowest BCUT2D eigenvalue weighted by Crippen LogP contribution is -1.93. The summed E-state index contributed by atoms with van der Waals surface area (Å²) in [5, 5.41) is 0. The minimum absolute atomic E-state index is 0.223. The van der Waals surface area contributed by atoms with Gasteiger partial charge >= 0.3 is 0 Å². The molecular formula is C7H6N2O. The van der Waals surface area contributed by atoms with Gasteiger partial charge in [0.25, 0.3) is 0 Å². The van der Waals surface area contributed by atoms with Crippen molar-refractivity contribution in [1.82, 2.24) is 9.97 Å². The molecule has 0 atom stereocenters. The summed E-state index contributed by atoms with van der Waals surface area (Å²) < 4.78 is 0. The van der Waals surface area contributed by atoms with Gasteiger partial charge in [-0.05, 0) is 0 Å². The summed E-state index contributed by atoms with van der Waals surface area (Å²) in [7, 11) is 0. The van der Waals surface area contributed by atoms with Gasteiger partial charge in [-0.1, -0.05) is 0 Å². The predicted octanol–water partition coefficient (Wildman–Crippen LogP) is 0.144. The Labute approximate surface area is 58.1 Å². The number of hydrogen-bond donors (Lipinski definition) is 0. The van der Waals surface area contributed by atoms with E-state index in [-0.39, 0.29) is 5.78 Å². The minimum atomic E-state index is 0.223. The van der Waals surface area contributed by atoms with E-state index in [1.54, 1.807) is 12.4 Å². The summed E-state index contributed by atoms with van der Waals surface area (Å²) in [6.45, 7) is 0. The van der Waals surface area contributed by atoms with Crippen molar-refractivity contribution < 1.29 is 4.79 Å². The van der Waals surface area contributed by atoms with E-state index >= 15 is 0 Å². The van der Waals surface area contributed by atoms with Crippen LogP contribution in [0.1, 0.15) is 11.4 Å². The molecule has 1 aliphatic rings. The average Bonchev–Trinajstić information content (AvgIpc) is 2.27. The molecule has 1 aromatic heterocycles. The summed E-state index contributed by atoms with van der Waals surface area (Å²) in [4.78, 5) is 18.9. The fourth-order valence-corrected chi connectivity index (χ4v) is 1.13. The Kier molecular flexibility index (Phi) is 1.03. The zero-order valence-electron chi connectivity index (χ0n) is 5.37. The van der Waals surface area contributed by atoms with Gasteiger partial charge in [0.05, 0.1) is 24.2 Å². The van der Waals surface area contributed by atoms with Gasteiger partial charge < -0.3 is 0 Å². The maximum absolute atomic E-state index is 10.8. The number of carbonyl (C=O) groups is 1. The molecule has 3 nitrogen and oxygen atoms in total. The molecule has 1 aromatic rings. The van der Waals surface area contributed by atoms with Crippen molar-refractivity contribution in [2.75, 3.05) is 0 Å². The number of Topliss-reactive ketones (excluding diaryl/α,β-unsaturated/α-hetero) is 1. The van der Waals surface area contributed by atoms with Gasteiger partial charge in [0.2, 0.25) is 0 Å². The molecule has 0 saturated heterocycles. The Balaban J connectivity index is 2.51. The van der Waals surface area contributed by atoms with Crippen molar-refractivity contribution in [3.05, 3.63) is 23.8 Å². The number of nitrogens with zero attached hydrogens (tertiary/aromatic N) is 2. The predicted molar refractivity (Wildman–Crippen MR) is 34.4 cm³/mol. The van der Waals surface area contributed by atoms with E-state index in [0.717, 1.165) is 11.4 Å². The monoisotopic (exact) mass is 134 g/mol. The van der Waals surface area contributed by atoms with Crippen LogP contribution in [-0.4, -0.2) is 15.8 Å². The van der Waals surface area contributed by atoms with E-state index in [1.807, 2.05) is 0 Å². The molecule has 0 aliphatic heterocycles. The lowest BCUT2D eigenvalue weighted by Gasteiger charge is -1.90. The lowest BCUT2D eigenvalue weighted by atomic mass is 10.3. The van der Waals surface area contributed by atoms with Crippen molar-refractivity contribution >= 4 is 5.78 Å². The number of fused-ring (bicyclic) bond motifs is 1. The average molecular weight is 134 g/mol. The highest BCUT2D eigenvalue weighted by Gasteiger charge is 2.19. The van der Waals surface area contributed by atoms with E-state index in [0.29, 0.717) is 12.8 Å². The van der Waals surface area contributed by atoms with Gasteiger partial charge in [0.1, 0.15) is 5.78 Å². The van der Waals surface area contributed by atoms with Gasteiger partial charge in [-0.25, -0.2) is 0 Å². The summed E-state index contributed by atoms with van der Waals surface area (Å²) >= 11 is 0. The Morgan fingerprint density at radius 1 is 1.10 bits per heavy atom. The molecule has 10 heavy (non-hydrogen) atoms. The highest BCUT2D eigenvalue weighted by atomic mass is 16.1. The molecule has 2 rings (SSSR count). The van der Waals surface area contributed by atoms with Gasteiger partial charge in [-0.15, -0.1) is 0 Å². The molecule has 0 fully saturated rings. The molecule has 1 aliphatic carbocycles. The SMILES string of the molecule is O=C1Cc2nccnc2C1. The van der Waals surface area contributed by atoms with Crippen LogP contribution in [0.2, 0.25) is 0 Å². The molecule has 0 aromatic carbocycles. The maximum atomic E-state index is 10.8. The molecule has 0 bridgehead atoms. The second kappa shape index (κ2) is 1.87. The summed E-state index contributed by atoms with van der Waals surface area (Å²) in [5.41, 5.74) is 1.71. The van der Waals surface area contributed by atoms with Crippen molar-refractivity contribution in [2.45, 2.75) is 12.8 Å². The van der Waals surface area contributed by atoms with Crippen molar-refractivity contribution in [2.24, 2.45) is 0 Å². The fraction of sp³-hybridized carbons (Fsp3) is 0.286. The second-order valence-corrected chi connectivity index (χ2v) is 2.34. The third-order valence-corrected chi connectivity index (χ3v) is 1.59. The van der Waals surface area contributed by atoms with Crippen LogP contribution in [0.5, 0.6) is 0 Å². The zero-order chi connectivity index (χ0) is 6.97. The van der Waals surface area contributed by atoms with Crippen LogP contribution in [0.3, 0.4) is 0 Å². The molecule has 0 unspecified atom stereocenters. The van der Waals surface area contributed by atoms with E-state index in [9.17, 15) is 4.79 Å². The van der Waals surface area contributed by atoms with Crippen LogP contribution >= 0.6 is 0 Å². The molecule has 0 N–H and O–H groups in total. The number of ketones is 1. The van der Waals surface area contributed by atoms with Crippen molar-refractivity contribution in [3.8, 4) is 0 Å². The first-order valence-corrected chi connectivity index (χ1v) is 3.17. The lowest BCUT2D eigenvalue weighted by molar-refractivity contribution is -0.117. The molecule has 0 saturated carbocycles. The van der Waals surface area contributed by atoms with Crippen LogP contribution in [0, 0.1) is 0 Å². The van der Waals surface area contributed by atoms with E-state index in [2.05, 4.69) is 9.97 Å². The molecule has 0 radical (unpaired) electrons. The molecule has 3 heteroatoms. The maximum Gasteiger partial charge on any atom is 0.144 e. The number of aromatic nitrogens is 2. The largest absolute Gasteiger partial charge is 0.299 e. The third-order valence-electron chi connectivity index (χ3n) is 1.59. The topological polar surface area (TPSA) is 42.9 Å². The highest BCUT2D eigenvalue weighted by molar-refractivity contribution is 5.86. The van der Waals surface area contributed by atoms with Crippen LogP contribution in [0.15, 0.2) is 12.4 Å². The smallest absolute Gasteiger partial charge is 0.144 e. The number of hydrogen-bond acceptors (Lipinski definition) is 3. The Morgan fingerprint density at radius 2 is 1.60 bits per heavy atom. The molecule has 0 spiro atoms. The first-order chi connectivity index (χ1) is 4.86. The Morgan fingerprint density at radius 3 is 2.10 bits per heavy atom. The number of carbonyl (C=O) groups excluding carboxylic acids is 1. The van der Waals surface area contributed by atoms with E-state index < -0.39 is 0 Å². The number of rotatable bonds is 0. The zero-order valence-corrected chi connectivity index (χ0v) is 5.37. The van der Waals surface area contributed by atoms with Crippen LogP contribution in [0.25, 0.3) is 0 Å². The van der Waals surface area contributed by atoms with Crippen LogP contribution < -0.4 is 0 Å². The molecule has 50 valence electrons. The van der Waals surface area contributed by atoms with Gasteiger partial charge in [-0.2, -0.15) is 0 Å². The minimum Gasteiger partial charge on any atom is -0.299 e. The molecule has 0 amide bonds. The fourth-order valence-electron chi connectivity index (χ4n) is 1.13. The Hall–Kier alpha value is -1.25. The summed E-state index contributed by atoms with van der Waals surface area (Å²) in [6, 6.07) is 0. The first-order valence-electron chi connectivity index (χ1n) is 3.17. The van der Waals surface area contributed by atoms with Crippen molar-refractivity contribution in [3.63, 3.8) is 0 Å². The van der Waals surface area contributed by atoms with Crippen LogP contribution in [0.4, 0.5) is 0 Å². The van der Waals surface area contributed by atoms with E-state index in [4.69, 9.17) is 0 Å². The highest BCUT2D eigenvalue weighted by Crippen LogP contribution is 2.12. The standard InChI is InChI=1S/C7H6N2O/c10-5-3-6-7(4-5)9-2-1-8-6/h1-2H,3-4H2. The normalized spacial score (nSPS) is 15.4. The second-order valence-electron chi connectivity index (χ2n) is 2.34. The quantitative estimate of drug-likeness (QED) is 0.507. The van der Waals surface area contributed by atoms with Gasteiger partial charge in [0, 0.05) is 12.4 Å². The third kappa shape index (κ3) is 0.708. The summed E-state index contributed by atoms with van der Waals surface area (Å²) in [5.74, 6) is 0.223. The molecule has 1 heterocycles. The summed E-state index contributed by atoms with van der Waals surface area (Å²) in [6.07, 6.45) is 4.20. The van der Waals surface area contributed by atoms with Gasteiger partial charge in [-0.3, -0.25) is 14.8 Å². The van der Waals surface area contributed by atoms with Crippen LogP contribution in [-0.2, 0) is 17.6 Å². The van der Waals surface area contributed by atoms with Crippen molar-refractivity contribution in [1.29, 1.82) is 0 Å².